The van der Waals surface area contributed by atoms with E-state index in [0.717, 1.165) is 0 Å². The van der Waals surface area contributed by atoms with E-state index in [1.165, 1.54) is 25.3 Å². The van der Waals surface area contributed by atoms with Crippen molar-refractivity contribution in [2.24, 2.45) is 0 Å². The molecule has 0 heterocycles. The molecule has 0 aliphatic heterocycles. The zero-order valence-electron chi connectivity index (χ0n) is 8.78. The minimum Gasteiger partial charge on any atom is -0.497 e. The van der Waals surface area contributed by atoms with Gasteiger partial charge in [-0.25, -0.2) is 4.79 Å². The van der Waals surface area contributed by atoms with Crippen LogP contribution >= 0.6 is 0 Å². The Hall–Kier alpha value is -1.98. The van der Waals surface area contributed by atoms with E-state index < -0.39 is 17.7 Å². The van der Waals surface area contributed by atoms with Crippen LogP contribution in [0.5, 0.6) is 5.75 Å². The summed E-state index contributed by atoms with van der Waals surface area (Å²) < 4.78 is 41.9. The number of carboxylic acid groups (broad SMARTS) is 1. The minimum atomic E-state index is -4.89. The number of carbonyl (C=O) groups is 1. The Morgan fingerprint density at radius 3 is 2.53 bits per heavy atom. The Morgan fingerprint density at radius 2 is 2.06 bits per heavy atom. The van der Waals surface area contributed by atoms with Gasteiger partial charge in [0.2, 0.25) is 0 Å². The third-order valence-electron chi connectivity index (χ3n) is 1.94. The molecule has 0 amide bonds. The lowest BCUT2D eigenvalue weighted by Crippen LogP contribution is -2.19. The fraction of sp³-hybridized carbons (Fsp3) is 0.182. The van der Waals surface area contributed by atoms with Gasteiger partial charge >= 0.3 is 12.1 Å². The molecule has 0 saturated carbocycles. The third kappa shape index (κ3) is 3.51. The molecule has 1 rings (SSSR count). The quantitative estimate of drug-likeness (QED) is 0.834. The molecule has 0 aliphatic rings. The van der Waals surface area contributed by atoms with Gasteiger partial charge in [0.15, 0.2) is 0 Å². The lowest BCUT2D eigenvalue weighted by molar-refractivity contribution is -0.144. The molecule has 3 nitrogen and oxygen atoms in total. The highest BCUT2D eigenvalue weighted by Crippen LogP contribution is 2.28. The van der Waals surface area contributed by atoms with Gasteiger partial charge in [-0.2, -0.15) is 13.2 Å². The Balaban J connectivity index is 3.18. The molecule has 0 bridgehead atoms. The van der Waals surface area contributed by atoms with E-state index in [1.807, 2.05) is 0 Å². The second-order valence-corrected chi connectivity index (χ2v) is 3.14. The van der Waals surface area contributed by atoms with Gasteiger partial charge in [-0.3, -0.25) is 0 Å². The number of alkyl halides is 3. The molecule has 0 spiro atoms. The summed E-state index contributed by atoms with van der Waals surface area (Å²) in [5.41, 5.74) is -1.51. The fourth-order valence-electron chi connectivity index (χ4n) is 1.16. The van der Waals surface area contributed by atoms with Crippen molar-refractivity contribution in [2.75, 3.05) is 7.11 Å². The predicted octanol–water partition coefficient (Wildman–Crippen LogP) is 2.73. The zero-order chi connectivity index (χ0) is 13.1. The summed E-state index contributed by atoms with van der Waals surface area (Å²) in [5.74, 6) is -1.66. The van der Waals surface area contributed by atoms with E-state index in [2.05, 4.69) is 0 Å². The monoisotopic (exact) mass is 246 g/mol. The van der Waals surface area contributed by atoms with E-state index in [4.69, 9.17) is 9.84 Å². The smallest absolute Gasteiger partial charge is 0.423 e. The predicted molar refractivity (Wildman–Crippen MR) is 54.7 cm³/mol. The van der Waals surface area contributed by atoms with Gasteiger partial charge in [0.25, 0.3) is 0 Å². The molecule has 17 heavy (non-hydrogen) atoms. The molecule has 0 unspecified atom stereocenters. The van der Waals surface area contributed by atoms with Crippen LogP contribution in [0.25, 0.3) is 6.08 Å². The van der Waals surface area contributed by atoms with Crippen molar-refractivity contribution in [3.8, 4) is 5.75 Å². The summed E-state index contributed by atoms with van der Waals surface area (Å²) in [6.07, 6.45) is -4.33. The fourth-order valence-corrected chi connectivity index (χ4v) is 1.16. The number of methoxy groups -OCH3 is 1. The number of halogens is 3. The van der Waals surface area contributed by atoms with Crippen LogP contribution < -0.4 is 4.74 Å². The standard InChI is InChI=1S/C11H9F3O3/c1-17-8-4-2-3-7(5-8)6-9(10(15)16)11(12,13)14/h2-6H,1H3,(H,15,16)/b9-6+. The van der Waals surface area contributed by atoms with Crippen LogP contribution in [-0.2, 0) is 4.79 Å². The van der Waals surface area contributed by atoms with Crippen molar-refractivity contribution in [1.82, 2.24) is 0 Å². The first-order valence-electron chi connectivity index (χ1n) is 4.51. The van der Waals surface area contributed by atoms with E-state index in [-0.39, 0.29) is 5.56 Å². The average Bonchev–Trinajstić information content (AvgIpc) is 2.24. The molecular formula is C11H9F3O3. The first-order valence-corrected chi connectivity index (χ1v) is 4.51. The topological polar surface area (TPSA) is 46.5 Å². The van der Waals surface area contributed by atoms with Crippen LogP contribution in [0.2, 0.25) is 0 Å². The summed E-state index contributed by atoms with van der Waals surface area (Å²) in [7, 11) is 1.37. The molecule has 1 aromatic rings. The maximum atomic E-state index is 12.4. The van der Waals surface area contributed by atoms with Gasteiger partial charge in [0, 0.05) is 0 Å². The molecule has 0 fully saturated rings. The second-order valence-electron chi connectivity index (χ2n) is 3.14. The van der Waals surface area contributed by atoms with Gasteiger partial charge in [0.1, 0.15) is 11.3 Å². The van der Waals surface area contributed by atoms with Gasteiger partial charge in [-0.15, -0.1) is 0 Å². The number of ether oxygens (including phenoxy) is 1. The highest BCUT2D eigenvalue weighted by molar-refractivity contribution is 5.93. The number of hydrogen-bond donors (Lipinski definition) is 1. The molecule has 1 N–H and O–H groups in total. The van der Waals surface area contributed by atoms with Crippen molar-refractivity contribution in [3.05, 3.63) is 35.4 Å². The van der Waals surface area contributed by atoms with Gasteiger partial charge in [-0.05, 0) is 23.8 Å². The molecule has 6 heteroatoms. The number of benzene rings is 1. The average molecular weight is 246 g/mol. The molecule has 0 aromatic heterocycles. The summed E-state index contributed by atoms with van der Waals surface area (Å²) in [6, 6.07) is 5.69. The van der Waals surface area contributed by atoms with Crippen LogP contribution in [0.15, 0.2) is 29.8 Å². The van der Waals surface area contributed by atoms with Gasteiger partial charge in [0.05, 0.1) is 7.11 Å². The molecule has 1 aromatic carbocycles. The molecule has 0 radical (unpaired) electrons. The Morgan fingerprint density at radius 1 is 1.41 bits per heavy atom. The molecule has 0 aliphatic carbocycles. The SMILES string of the molecule is COc1cccc(/C=C(\C(=O)O)C(F)(F)F)c1. The molecule has 0 atom stereocenters. The number of rotatable bonds is 3. The highest BCUT2D eigenvalue weighted by atomic mass is 19.4. The summed E-state index contributed by atoms with van der Waals surface area (Å²) in [5, 5.41) is 8.48. The van der Waals surface area contributed by atoms with Crippen LogP contribution in [0.3, 0.4) is 0 Å². The van der Waals surface area contributed by atoms with Crippen LogP contribution in [0.4, 0.5) is 13.2 Å². The maximum absolute atomic E-state index is 12.4. The Kier molecular flexibility index (Phi) is 3.77. The van der Waals surface area contributed by atoms with Crippen LogP contribution in [0, 0.1) is 0 Å². The lowest BCUT2D eigenvalue weighted by Gasteiger charge is -2.07. The van der Waals surface area contributed by atoms with Crippen LogP contribution in [0.1, 0.15) is 5.56 Å². The maximum Gasteiger partial charge on any atom is 0.423 e. The molecular weight excluding hydrogens is 237 g/mol. The normalized spacial score (nSPS) is 12.4. The zero-order valence-corrected chi connectivity index (χ0v) is 8.78. The highest BCUT2D eigenvalue weighted by Gasteiger charge is 2.38. The van der Waals surface area contributed by atoms with Gasteiger partial charge < -0.3 is 9.84 Å². The second kappa shape index (κ2) is 4.90. The first-order chi connectivity index (χ1) is 7.84. The van der Waals surface area contributed by atoms with Gasteiger partial charge in [-0.1, -0.05) is 12.1 Å². The summed E-state index contributed by atoms with van der Waals surface area (Å²) >= 11 is 0. The minimum absolute atomic E-state index is 0.110. The molecule has 0 saturated heterocycles. The first kappa shape index (κ1) is 13.1. The number of aliphatic carboxylic acids is 1. The number of hydrogen-bond acceptors (Lipinski definition) is 2. The van der Waals surface area contributed by atoms with Crippen molar-refractivity contribution >= 4 is 12.0 Å². The lowest BCUT2D eigenvalue weighted by atomic mass is 10.1. The Bertz CT molecular complexity index is 450. The third-order valence-corrected chi connectivity index (χ3v) is 1.94. The van der Waals surface area contributed by atoms with E-state index in [9.17, 15) is 18.0 Å². The van der Waals surface area contributed by atoms with Crippen molar-refractivity contribution in [3.63, 3.8) is 0 Å². The van der Waals surface area contributed by atoms with E-state index >= 15 is 0 Å². The number of carboxylic acids is 1. The van der Waals surface area contributed by atoms with E-state index in [1.54, 1.807) is 6.07 Å². The van der Waals surface area contributed by atoms with Crippen molar-refractivity contribution in [2.45, 2.75) is 6.18 Å². The van der Waals surface area contributed by atoms with Crippen molar-refractivity contribution < 1.29 is 27.8 Å². The Labute approximate surface area is 95.1 Å². The van der Waals surface area contributed by atoms with Crippen molar-refractivity contribution in [1.29, 1.82) is 0 Å². The largest absolute Gasteiger partial charge is 0.497 e. The summed E-state index contributed by atoms with van der Waals surface area (Å²) in [4.78, 5) is 10.5. The summed E-state index contributed by atoms with van der Waals surface area (Å²) in [6.45, 7) is 0. The van der Waals surface area contributed by atoms with Crippen LogP contribution in [-0.4, -0.2) is 24.4 Å². The molecule has 92 valence electrons. The van der Waals surface area contributed by atoms with E-state index in [0.29, 0.717) is 11.8 Å².